The van der Waals surface area contributed by atoms with Crippen LogP contribution in [0.25, 0.3) is 0 Å². The van der Waals surface area contributed by atoms with E-state index in [2.05, 4.69) is 10.3 Å². The van der Waals surface area contributed by atoms with Crippen LogP contribution in [0.4, 0.5) is 10.5 Å². The Kier molecular flexibility index (Phi) is 4.64. The molecule has 2 heterocycles. The van der Waals surface area contributed by atoms with Crippen molar-refractivity contribution < 1.29 is 14.7 Å². The van der Waals surface area contributed by atoms with Gasteiger partial charge in [-0.15, -0.1) is 11.3 Å². The van der Waals surface area contributed by atoms with E-state index in [0.717, 1.165) is 4.88 Å². The van der Waals surface area contributed by atoms with Crippen molar-refractivity contribution >= 4 is 29.0 Å². The number of carbonyl (C=O) groups is 2. The summed E-state index contributed by atoms with van der Waals surface area (Å²) in [5.41, 5.74) is 0.965. The van der Waals surface area contributed by atoms with E-state index in [4.69, 9.17) is 5.11 Å². The SMILES string of the molecule is CCN(Cc1cccs1)C(=O)Nc1cc(C)[nH]c1C(=O)O. The van der Waals surface area contributed by atoms with E-state index >= 15 is 0 Å². The van der Waals surface area contributed by atoms with Crippen LogP contribution in [0.2, 0.25) is 0 Å². The van der Waals surface area contributed by atoms with Crippen molar-refractivity contribution in [2.24, 2.45) is 0 Å². The first-order valence-corrected chi connectivity index (χ1v) is 7.40. The van der Waals surface area contributed by atoms with Crippen LogP contribution in [0, 0.1) is 6.92 Å². The number of aromatic carboxylic acids is 1. The third-order valence-corrected chi connectivity index (χ3v) is 3.86. The average molecular weight is 307 g/mol. The van der Waals surface area contributed by atoms with E-state index in [9.17, 15) is 9.59 Å². The van der Waals surface area contributed by atoms with Gasteiger partial charge in [0.25, 0.3) is 0 Å². The highest BCUT2D eigenvalue weighted by Gasteiger charge is 2.18. The highest BCUT2D eigenvalue weighted by molar-refractivity contribution is 7.09. The van der Waals surface area contributed by atoms with Crippen molar-refractivity contribution in [2.75, 3.05) is 11.9 Å². The molecule has 112 valence electrons. The van der Waals surface area contributed by atoms with Crippen LogP contribution in [0.15, 0.2) is 23.6 Å². The zero-order valence-corrected chi connectivity index (χ0v) is 12.7. The van der Waals surface area contributed by atoms with E-state index in [0.29, 0.717) is 18.8 Å². The summed E-state index contributed by atoms with van der Waals surface area (Å²) in [6.45, 7) is 4.67. The molecule has 0 spiro atoms. The number of nitrogens with one attached hydrogen (secondary N) is 2. The van der Waals surface area contributed by atoms with Gasteiger partial charge in [0.15, 0.2) is 0 Å². The van der Waals surface area contributed by atoms with Gasteiger partial charge >= 0.3 is 12.0 Å². The van der Waals surface area contributed by atoms with E-state index in [1.165, 1.54) is 0 Å². The first-order chi connectivity index (χ1) is 10.0. The number of aromatic nitrogens is 1. The molecule has 0 bridgehead atoms. The van der Waals surface area contributed by atoms with Gasteiger partial charge in [-0.2, -0.15) is 0 Å². The molecule has 3 N–H and O–H groups in total. The molecule has 2 aromatic rings. The van der Waals surface area contributed by atoms with Gasteiger partial charge in [-0.3, -0.25) is 0 Å². The number of nitrogens with zero attached hydrogens (tertiary/aromatic N) is 1. The van der Waals surface area contributed by atoms with Crippen LogP contribution in [0.1, 0.15) is 28.0 Å². The molecule has 0 aliphatic rings. The van der Waals surface area contributed by atoms with Crippen LogP contribution in [-0.2, 0) is 6.54 Å². The Morgan fingerprint density at radius 3 is 2.81 bits per heavy atom. The Morgan fingerprint density at radius 2 is 2.24 bits per heavy atom. The minimum absolute atomic E-state index is 0.00646. The number of carboxylic acids is 1. The standard InChI is InChI=1S/C14H17N3O3S/c1-3-17(8-10-5-4-6-21-10)14(20)16-11-7-9(2)15-12(11)13(18)19/h4-7,15H,3,8H2,1-2H3,(H,16,20)(H,18,19). The second kappa shape index (κ2) is 6.45. The molecule has 0 saturated carbocycles. The molecule has 2 rings (SSSR count). The maximum atomic E-state index is 12.3. The summed E-state index contributed by atoms with van der Waals surface area (Å²) in [6.07, 6.45) is 0. The van der Waals surface area contributed by atoms with Gasteiger partial charge in [0.05, 0.1) is 12.2 Å². The quantitative estimate of drug-likeness (QED) is 0.793. The van der Waals surface area contributed by atoms with Gasteiger partial charge in [0, 0.05) is 17.1 Å². The minimum Gasteiger partial charge on any atom is -0.477 e. The van der Waals surface area contributed by atoms with Gasteiger partial charge in [0.1, 0.15) is 5.69 Å². The lowest BCUT2D eigenvalue weighted by molar-refractivity contribution is 0.0692. The summed E-state index contributed by atoms with van der Waals surface area (Å²) in [4.78, 5) is 28.8. The average Bonchev–Trinajstić information content (AvgIpc) is 3.05. The molecule has 2 amide bonds. The number of H-pyrrole nitrogens is 1. The topological polar surface area (TPSA) is 85.4 Å². The second-order valence-electron chi connectivity index (χ2n) is 4.57. The number of amides is 2. The first-order valence-electron chi connectivity index (χ1n) is 6.52. The van der Waals surface area contributed by atoms with Crippen molar-refractivity contribution in [3.63, 3.8) is 0 Å². The number of hydrogen-bond acceptors (Lipinski definition) is 3. The van der Waals surface area contributed by atoms with Crippen molar-refractivity contribution in [1.29, 1.82) is 0 Å². The van der Waals surface area contributed by atoms with Gasteiger partial charge in [0.2, 0.25) is 0 Å². The summed E-state index contributed by atoms with van der Waals surface area (Å²) in [5, 5.41) is 13.7. The fourth-order valence-electron chi connectivity index (χ4n) is 1.97. The zero-order chi connectivity index (χ0) is 15.4. The number of rotatable bonds is 5. The Balaban J connectivity index is 2.10. The number of aryl methyl sites for hydroxylation is 1. The fourth-order valence-corrected chi connectivity index (χ4v) is 2.69. The van der Waals surface area contributed by atoms with Gasteiger partial charge in [-0.1, -0.05) is 6.07 Å². The molecule has 21 heavy (non-hydrogen) atoms. The summed E-state index contributed by atoms with van der Waals surface area (Å²) in [5.74, 6) is -1.10. The molecule has 0 atom stereocenters. The molecule has 2 aromatic heterocycles. The molecule has 0 fully saturated rings. The number of anilines is 1. The number of hydrogen-bond donors (Lipinski definition) is 3. The summed E-state index contributed by atoms with van der Waals surface area (Å²) >= 11 is 1.58. The molecule has 7 heteroatoms. The van der Waals surface area contributed by atoms with Crippen LogP contribution in [0.3, 0.4) is 0 Å². The lowest BCUT2D eigenvalue weighted by Crippen LogP contribution is -2.34. The highest BCUT2D eigenvalue weighted by Crippen LogP contribution is 2.18. The number of urea groups is 1. The lowest BCUT2D eigenvalue weighted by atomic mass is 10.3. The fraction of sp³-hybridized carbons (Fsp3) is 0.286. The predicted octanol–water partition coefficient (Wildman–Crippen LogP) is 3.14. The third kappa shape index (κ3) is 3.63. The summed E-state index contributed by atoms with van der Waals surface area (Å²) in [6, 6.07) is 5.20. The van der Waals surface area contributed by atoms with Crippen LogP contribution in [0.5, 0.6) is 0 Å². The van der Waals surface area contributed by atoms with Crippen molar-refractivity contribution in [3.05, 3.63) is 39.8 Å². The molecule has 0 unspecified atom stereocenters. The van der Waals surface area contributed by atoms with Gasteiger partial charge in [-0.05, 0) is 31.4 Å². The zero-order valence-electron chi connectivity index (χ0n) is 11.8. The third-order valence-electron chi connectivity index (χ3n) is 3.00. The summed E-state index contributed by atoms with van der Waals surface area (Å²) < 4.78 is 0. The second-order valence-corrected chi connectivity index (χ2v) is 5.60. The molecule has 0 saturated heterocycles. The van der Waals surface area contributed by atoms with Crippen molar-refractivity contribution in [1.82, 2.24) is 9.88 Å². The molecular formula is C14H17N3O3S. The number of carboxylic acid groups (broad SMARTS) is 1. The summed E-state index contributed by atoms with van der Waals surface area (Å²) in [7, 11) is 0. The largest absolute Gasteiger partial charge is 0.477 e. The molecule has 0 aliphatic carbocycles. The smallest absolute Gasteiger partial charge is 0.354 e. The van der Waals surface area contributed by atoms with Crippen molar-refractivity contribution in [2.45, 2.75) is 20.4 Å². The normalized spacial score (nSPS) is 10.4. The Labute approximate surface area is 126 Å². The van der Waals surface area contributed by atoms with Crippen LogP contribution < -0.4 is 5.32 Å². The van der Waals surface area contributed by atoms with Crippen molar-refractivity contribution in [3.8, 4) is 0 Å². The lowest BCUT2D eigenvalue weighted by Gasteiger charge is -2.20. The molecule has 0 radical (unpaired) electrons. The predicted molar refractivity (Wildman–Crippen MR) is 81.9 cm³/mol. The Hall–Kier alpha value is -2.28. The number of carbonyl (C=O) groups excluding carboxylic acids is 1. The van der Waals surface area contributed by atoms with E-state index in [1.54, 1.807) is 29.2 Å². The van der Waals surface area contributed by atoms with E-state index in [1.807, 2.05) is 24.4 Å². The molecule has 0 aromatic carbocycles. The molecular weight excluding hydrogens is 290 g/mol. The number of thiophene rings is 1. The Morgan fingerprint density at radius 1 is 1.48 bits per heavy atom. The molecule has 6 nitrogen and oxygen atoms in total. The number of aromatic amines is 1. The maximum Gasteiger partial charge on any atom is 0.354 e. The first kappa shape index (κ1) is 15.1. The van der Waals surface area contributed by atoms with E-state index < -0.39 is 5.97 Å². The van der Waals surface area contributed by atoms with Crippen LogP contribution >= 0.6 is 11.3 Å². The van der Waals surface area contributed by atoms with Gasteiger partial charge in [-0.25, -0.2) is 9.59 Å². The van der Waals surface area contributed by atoms with Crippen LogP contribution in [-0.4, -0.2) is 33.5 Å². The Bertz CT molecular complexity index is 634. The minimum atomic E-state index is -1.10. The van der Waals surface area contributed by atoms with Gasteiger partial charge < -0.3 is 20.3 Å². The van der Waals surface area contributed by atoms with E-state index in [-0.39, 0.29) is 17.4 Å². The maximum absolute atomic E-state index is 12.3. The monoisotopic (exact) mass is 307 g/mol. The highest BCUT2D eigenvalue weighted by atomic mass is 32.1. The molecule has 0 aliphatic heterocycles.